The number of aliphatic hydroxyl groups is 1. The fourth-order valence-electron chi connectivity index (χ4n) is 2.92. The SMILES string of the molecule is Cc1ccccc1CC(COS(N)(=O)=O)OC1(O)CCCCC1. The van der Waals surface area contributed by atoms with Crippen molar-refractivity contribution in [1.29, 1.82) is 0 Å². The van der Waals surface area contributed by atoms with Gasteiger partial charge in [-0.05, 0) is 30.9 Å². The Hall–Kier alpha value is -0.990. The smallest absolute Gasteiger partial charge is 0.333 e. The van der Waals surface area contributed by atoms with Crippen molar-refractivity contribution in [3.63, 3.8) is 0 Å². The molecule has 0 amide bonds. The van der Waals surface area contributed by atoms with Crippen molar-refractivity contribution in [2.75, 3.05) is 6.61 Å². The molecule has 2 rings (SSSR count). The Morgan fingerprint density at radius 1 is 1.26 bits per heavy atom. The van der Waals surface area contributed by atoms with E-state index in [2.05, 4.69) is 0 Å². The molecule has 1 unspecified atom stereocenters. The van der Waals surface area contributed by atoms with Crippen molar-refractivity contribution < 1.29 is 22.4 Å². The molecule has 1 aliphatic carbocycles. The molecule has 0 aliphatic heterocycles. The highest BCUT2D eigenvalue weighted by Crippen LogP contribution is 2.31. The molecule has 1 atom stereocenters. The third-order valence-electron chi connectivity index (χ3n) is 4.15. The molecule has 0 radical (unpaired) electrons. The molecular weight excluding hydrogens is 318 g/mol. The molecule has 130 valence electrons. The largest absolute Gasteiger partial charge is 0.365 e. The second kappa shape index (κ2) is 7.72. The lowest BCUT2D eigenvalue weighted by atomic mass is 9.93. The number of hydrogen-bond acceptors (Lipinski definition) is 5. The normalized spacial score (nSPS) is 19.4. The number of ether oxygens (including phenoxy) is 1. The van der Waals surface area contributed by atoms with Crippen LogP contribution in [-0.4, -0.2) is 32.0 Å². The molecule has 7 heteroatoms. The van der Waals surface area contributed by atoms with E-state index >= 15 is 0 Å². The summed E-state index contributed by atoms with van der Waals surface area (Å²) in [6.45, 7) is 1.76. The summed E-state index contributed by atoms with van der Waals surface area (Å²) in [5.41, 5.74) is 2.10. The van der Waals surface area contributed by atoms with Crippen LogP contribution in [-0.2, 0) is 25.6 Å². The Balaban J connectivity index is 2.09. The summed E-state index contributed by atoms with van der Waals surface area (Å²) in [6.07, 6.45) is 3.82. The number of aryl methyl sites for hydroxylation is 1. The van der Waals surface area contributed by atoms with Crippen molar-refractivity contribution in [3.05, 3.63) is 35.4 Å². The summed E-state index contributed by atoms with van der Waals surface area (Å²) in [5, 5.41) is 15.5. The molecular formula is C16H25NO5S. The summed E-state index contributed by atoms with van der Waals surface area (Å²) in [4.78, 5) is 0. The zero-order valence-electron chi connectivity index (χ0n) is 13.4. The van der Waals surface area contributed by atoms with Gasteiger partial charge in [0.15, 0.2) is 5.79 Å². The van der Waals surface area contributed by atoms with Gasteiger partial charge in [-0.25, -0.2) is 5.14 Å². The van der Waals surface area contributed by atoms with Crippen LogP contribution < -0.4 is 5.14 Å². The van der Waals surface area contributed by atoms with Crippen LogP contribution in [0.4, 0.5) is 0 Å². The van der Waals surface area contributed by atoms with Gasteiger partial charge in [-0.1, -0.05) is 30.7 Å². The fraction of sp³-hybridized carbons (Fsp3) is 0.625. The van der Waals surface area contributed by atoms with Crippen LogP contribution in [0.25, 0.3) is 0 Å². The van der Waals surface area contributed by atoms with Gasteiger partial charge in [0.25, 0.3) is 0 Å². The van der Waals surface area contributed by atoms with Gasteiger partial charge < -0.3 is 9.84 Å². The molecule has 23 heavy (non-hydrogen) atoms. The Morgan fingerprint density at radius 3 is 2.52 bits per heavy atom. The minimum absolute atomic E-state index is 0.213. The molecule has 0 bridgehead atoms. The van der Waals surface area contributed by atoms with Crippen LogP contribution in [0, 0.1) is 6.92 Å². The highest BCUT2D eigenvalue weighted by Gasteiger charge is 2.33. The quantitative estimate of drug-likeness (QED) is 0.736. The maximum atomic E-state index is 11.1. The van der Waals surface area contributed by atoms with E-state index in [1.165, 1.54) is 0 Å². The first-order valence-corrected chi connectivity index (χ1v) is 9.36. The number of nitrogens with two attached hydrogens (primary N) is 1. The average Bonchev–Trinajstić information content (AvgIpc) is 2.47. The van der Waals surface area contributed by atoms with Crippen LogP contribution >= 0.6 is 0 Å². The lowest BCUT2D eigenvalue weighted by Crippen LogP contribution is -2.41. The van der Waals surface area contributed by atoms with Gasteiger partial charge >= 0.3 is 10.3 Å². The van der Waals surface area contributed by atoms with E-state index in [4.69, 9.17) is 14.1 Å². The third kappa shape index (κ3) is 6.19. The molecule has 1 saturated carbocycles. The van der Waals surface area contributed by atoms with E-state index in [0.29, 0.717) is 19.3 Å². The standard InChI is InChI=1S/C16H25NO5S/c1-13-7-3-4-8-14(13)11-15(12-21-23(17,19)20)22-16(18)9-5-2-6-10-16/h3-4,7-8,15,18H,2,5-6,9-12H2,1H3,(H2,17,19,20). The first-order chi connectivity index (χ1) is 10.8. The van der Waals surface area contributed by atoms with E-state index in [1.807, 2.05) is 31.2 Å². The van der Waals surface area contributed by atoms with Gasteiger partial charge in [0.05, 0.1) is 12.7 Å². The summed E-state index contributed by atoms with van der Waals surface area (Å²) in [7, 11) is -4.04. The average molecular weight is 343 g/mol. The number of benzene rings is 1. The van der Waals surface area contributed by atoms with E-state index < -0.39 is 22.2 Å². The third-order valence-corrected chi connectivity index (χ3v) is 4.61. The molecule has 1 fully saturated rings. The molecule has 0 aromatic heterocycles. The Bertz CT molecular complexity index is 611. The topological polar surface area (TPSA) is 98.9 Å². The van der Waals surface area contributed by atoms with Gasteiger partial charge in [-0.2, -0.15) is 8.42 Å². The molecule has 3 N–H and O–H groups in total. The summed E-state index contributed by atoms with van der Waals surface area (Å²) in [6, 6.07) is 7.77. The van der Waals surface area contributed by atoms with Gasteiger partial charge in [0, 0.05) is 19.3 Å². The molecule has 0 spiro atoms. The van der Waals surface area contributed by atoms with E-state index in [9.17, 15) is 13.5 Å². The van der Waals surface area contributed by atoms with Crippen LogP contribution in [0.5, 0.6) is 0 Å². The van der Waals surface area contributed by atoms with Crippen molar-refractivity contribution in [3.8, 4) is 0 Å². The minimum Gasteiger partial charge on any atom is -0.365 e. The fourth-order valence-corrected chi connectivity index (χ4v) is 3.26. The predicted octanol–water partition coefficient (Wildman–Crippen LogP) is 1.80. The summed E-state index contributed by atoms with van der Waals surface area (Å²) >= 11 is 0. The zero-order chi connectivity index (χ0) is 16.9. The first kappa shape index (κ1) is 18.4. The number of hydrogen-bond donors (Lipinski definition) is 2. The van der Waals surface area contributed by atoms with Gasteiger partial charge in [0.1, 0.15) is 0 Å². The van der Waals surface area contributed by atoms with Crippen molar-refractivity contribution >= 4 is 10.3 Å². The Labute approximate surface area is 137 Å². The van der Waals surface area contributed by atoms with Gasteiger partial charge in [0.2, 0.25) is 0 Å². The van der Waals surface area contributed by atoms with Crippen LogP contribution in [0.15, 0.2) is 24.3 Å². The number of rotatable bonds is 7. The highest BCUT2D eigenvalue weighted by molar-refractivity contribution is 7.84. The van der Waals surface area contributed by atoms with Gasteiger partial charge in [-0.15, -0.1) is 0 Å². The van der Waals surface area contributed by atoms with Crippen LogP contribution in [0.2, 0.25) is 0 Å². The molecule has 6 nitrogen and oxygen atoms in total. The maximum absolute atomic E-state index is 11.1. The summed E-state index contributed by atoms with van der Waals surface area (Å²) in [5.74, 6) is -1.21. The highest BCUT2D eigenvalue weighted by atomic mass is 32.2. The predicted molar refractivity (Wildman–Crippen MR) is 86.9 cm³/mol. The van der Waals surface area contributed by atoms with Gasteiger partial charge in [-0.3, -0.25) is 4.18 Å². The van der Waals surface area contributed by atoms with Crippen molar-refractivity contribution in [1.82, 2.24) is 0 Å². The Morgan fingerprint density at radius 2 is 1.91 bits per heavy atom. The van der Waals surface area contributed by atoms with E-state index in [1.54, 1.807) is 0 Å². The monoisotopic (exact) mass is 343 g/mol. The molecule has 0 heterocycles. The zero-order valence-corrected chi connectivity index (χ0v) is 14.2. The van der Waals surface area contributed by atoms with Crippen LogP contribution in [0.3, 0.4) is 0 Å². The molecule has 1 aromatic carbocycles. The first-order valence-electron chi connectivity index (χ1n) is 7.89. The second-order valence-corrected chi connectivity index (χ2v) is 7.38. The molecule has 1 aliphatic rings. The second-order valence-electron chi connectivity index (χ2n) is 6.15. The summed E-state index contributed by atoms with van der Waals surface area (Å²) < 4.78 is 32.7. The van der Waals surface area contributed by atoms with E-state index in [-0.39, 0.29) is 6.61 Å². The maximum Gasteiger partial charge on any atom is 0.333 e. The van der Waals surface area contributed by atoms with Crippen LogP contribution in [0.1, 0.15) is 43.2 Å². The Kier molecular flexibility index (Phi) is 6.16. The lowest BCUT2D eigenvalue weighted by molar-refractivity contribution is -0.248. The van der Waals surface area contributed by atoms with Crippen molar-refractivity contribution in [2.24, 2.45) is 5.14 Å². The minimum atomic E-state index is -4.04. The molecule has 1 aromatic rings. The lowest BCUT2D eigenvalue weighted by Gasteiger charge is -2.35. The molecule has 0 saturated heterocycles. The van der Waals surface area contributed by atoms with E-state index in [0.717, 1.165) is 30.4 Å². The van der Waals surface area contributed by atoms with Crippen molar-refractivity contribution in [2.45, 2.75) is 57.3 Å².